The molecule has 0 spiro atoms. The number of guanidine groups is 1. The van der Waals surface area contributed by atoms with Crippen molar-refractivity contribution in [3.63, 3.8) is 0 Å². The molecule has 2 aliphatic rings. The van der Waals surface area contributed by atoms with Crippen LogP contribution in [-0.2, 0) is 4.79 Å². The molecule has 0 radical (unpaired) electrons. The van der Waals surface area contributed by atoms with Crippen molar-refractivity contribution in [1.82, 2.24) is 15.5 Å². The van der Waals surface area contributed by atoms with E-state index < -0.39 is 0 Å². The number of halogens is 1. The Balaban J connectivity index is 0.00000320. The number of hydrogen-bond donors (Lipinski definition) is 2. The number of hydrogen-bond acceptors (Lipinski definition) is 4. The Morgan fingerprint density at radius 2 is 1.87 bits per heavy atom. The molecule has 0 bridgehead atoms. The molecule has 1 heterocycles. The zero-order valence-electron chi connectivity index (χ0n) is 18.2. The van der Waals surface area contributed by atoms with Crippen molar-refractivity contribution in [2.75, 3.05) is 33.8 Å². The number of nitrogens with one attached hydrogen (secondary N) is 2. The number of aliphatic imine (C=N–C) groups is 1. The molecule has 2 atom stereocenters. The van der Waals surface area contributed by atoms with Crippen molar-refractivity contribution >= 4 is 35.8 Å². The minimum atomic E-state index is -0.0223. The number of methoxy groups -OCH3 is 1. The highest BCUT2D eigenvalue weighted by Gasteiger charge is 2.32. The van der Waals surface area contributed by atoms with Crippen molar-refractivity contribution < 1.29 is 14.3 Å². The van der Waals surface area contributed by atoms with Crippen LogP contribution in [0, 0.1) is 5.92 Å². The Morgan fingerprint density at radius 3 is 2.50 bits per heavy atom. The van der Waals surface area contributed by atoms with Gasteiger partial charge in [-0.15, -0.1) is 24.0 Å². The van der Waals surface area contributed by atoms with Crippen molar-refractivity contribution in [2.24, 2.45) is 10.9 Å². The molecule has 30 heavy (non-hydrogen) atoms. The van der Waals surface area contributed by atoms with Gasteiger partial charge >= 0.3 is 0 Å². The van der Waals surface area contributed by atoms with E-state index in [1.165, 1.54) is 12.8 Å². The summed E-state index contributed by atoms with van der Waals surface area (Å²) < 4.78 is 11.1. The number of amides is 1. The highest BCUT2D eigenvalue weighted by Crippen LogP contribution is 2.27. The van der Waals surface area contributed by atoms with Crippen LogP contribution in [0.4, 0.5) is 0 Å². The number of nitrogens with zero attached hydrogens (tertiary/aromatic N) is 2. The Morgan fingerprint density at radius 1 is 1.20 bits per heavy atom. The molecule has 1 amide bonds. The van der Waals surface area contributed by atoms with E-state index in [0.717, 1.165) is 49.8 Å². The van der Waals surface area contributed by atoms with Gasteiger partial charge in [-0.05, 0) is 50.5 Å². The number of carbonyl (C=O) groups excluding carboxylic acids is 1. The maximum absolute atomic E-state index is 12.6. The standard InChI is InChI=1S/C22H34N4O3.HI/c1-16(29-20-10-8-19(28-3)9-11-20)14-24-22(23-2)25-18-12-13-26(15-18)21(27)17-6-4-5-7-17;/h8-11,16-18H,4-7,12-15H2,1-3H3,(H2,23,24,25);1H. The van der Waals surface area contributed by atoms with E-state index in [1.54, 1.807) is 14.2 Å². The summed E-state index contributed by atoms with van der Waals surface area (Å²) in [5.41, 5.74) is 0. The lowest BCUT2D eigenvalue weighted by atomic mass is 10.1. The predicted octanol–water partition coefficient (Wildman–Crippen LogP) is 3.04. The van der Waals surface area contributed by atoms with Crippen molar-refractivity contribution in [2.45, 2.75) is 51.2 Å². The van der Waals surface area contributed by atoms with Gasteiger partial charge in [0.2, 0.25) is 5.91 Å². The molecule has 2 fully saturated rings. The summed E-state index contributed by atoms with van der Waals surface area (Å²) in [6.07, 6.45) is 5.44. The zero-order valence-corrected chi connectivity index (χ0v) is 20.6. The van der Waals surface area contributed by atoms with Crippen molar-refractivity contribution in [1.29, 1.82) is 0 Å². The molecule has 8 heteroatoms. The molecular formula is C22H35IN4O3. The topological polar surface area (TPSA) is 75.2 Å². The summed E-state index contributed by atoms with van der Waals surface area (Å²) in [5.74, 6) is 2.96. The molecular weight excluding hydrogens is 495 g/mol. The molecule has 0 aromatic heterocycles. The lowest BCUT2D eigenvalue weighted by Gasteiger charge is -2.22. The zero-order chi connectivity index (χ0) is 20.6. The third kappa shape index (κ3) is 6.92. The fraction of sp³-hybridized carbons (Fsp3) is 0.636. The summed E-state index contributed by atoms with van der Waals surface area (Å²) >= 11 is 0. The van der Waals surface area contributed by atoms with Gasteiger partial charge in [0, 0.05) is 32.1 Å². The van der Waals surface area contributed by atoms with E-state index in [9.17, 15) is 4.79 Å². The number of benzene rings is 1. The number of likely N-dealkylation sites (tertiary alicyclic amines) is 1. The van der Waals surface area contributed by atoms with Crippen LogP contribution in [0.3, 0.4) is 0 Å². The van der Waals surface area contributed by atoms with Crippen molar-refractivity contribution in [3.05, 3.63) is 24.3 Å². The summed E-state index contributed by atoms with van der Waals surface area (Å²) in [4.78, 5) is 18.9. The first-order valence-electron chi connectivity index (χ1n) is 10.7. The first kappa shape index (κ1) is 24.6. The molecule has 1 aromatic rings. The minimum Gasteiger partial charge on any atom is -0.497 e. The molecule has 1 aromatic carbocycles. The average Bonchev–Trinajstić information content (AvgIpc) is 3.43. The lowest BCUT2D eigenvalue weighted by molar-refractivity contribution is -0.134. The first-order chi connectivity index (χ1) is 14.1. The Labute approximate surface area is 197 Å². The van der Waals surface area contributed by atoms with E-state index in [1.807, 2.05) is 36.1 Å². The second-order valence-corrected chi connectivity index (χ2v) is 7.95. The van der Waals surface area contributed by atoms with Crippen LogP contribution in [0.25, 0.3) is 0 Å². The first-order valence-corrected chi connectivity index (χ1v) is 10.7. The second kappa shape index (κ2) is 12.2. The van der Waals surface area contributed by atoms with Crippen LogP contribution < -0.4 is 20.1 Å². The summed E-state index contributed by atoms with van der Waals surface area (Å²) in [6, 6.07) is 7.81. The van der Waals surface area contributed by atoms with Crippen LogP contribution in [0.5, 0.6) is 11.5 Å². The van der Waals surface area contributed by atoms with Gasteiger partial charge in [-0.3, -0.25) is 9.79 Å². The minimum absolute atomic E-state index is 0. The molecule has 1 aliphatic heterocycles. The Kier molecular flexibility index (Phi) is 10.0. The second-order valence-electron chi connectivity index (χ2n) is 7.95. The summed E-state index contributed by atoms with van der Waals surface area (Å²) in [6.45, 7) is 4.24. The fourth-order valence-corrected chi connectivity index (χ4v) is 4.07. The van der Waals surface area contributed by atoms with E-state index >= 15 is 0 Å². The Hall–Kier alpha value is -1.71. The van der Waals surface area contributed by atoms with Gasteiger partial charge in [-0.2, -0.15) is 0 Å². The van der Waals surface area contributed by atoms with Gasteiger partial charge in [-0.1, -0.05) is 12.8 Å². The van der Waals surface area contributed by atoms with Crippen LogP contribution in [0.2, 0.25) is 0 Å². The van der Waals surface area contributed by atoms with E-state index in [2.05, 4.69) is 15.6 Å². The number of ether oxygens (including phenoxy) is 2. The van der Waals surface area contributed by atoms with Crippen LogP contribution in [0.1, 0.15) is 39.0 Å². The smallest absolute Gasteiger partial charge is 0.225 e. The van der Waals surface area contributed by atoms with E-state index in [0.29, 0.717) is 12.5 Å². The van der Waals surface area contributed by atoms with Gasteiger partial charge in [0.1, 0.15) is 17.6 Å². The highest BCUT2D eigenvalue weighted by molar-refractivity contribution is 14.0. The summed E-state index contributed by atoms with van der Waals surface area (Å²) in [7, 11) is 3.41. The largest absolute Gasteiger partial charge is 0.497 e. The van der Waals surface area contributed by atoms with Crippen LogP contribution >= 0.6 is 24.0 Å². The molecule has 1 saturated carbocycles. The normalized spacial score (nSPS) is 20.4. The Bertz CT molecular complexity index is 692. The fourth-order valence-electron chi connectivity index (χ4n) is 4.07. The number of carbonyl (C=O) groups is 1. The highest BCUT2D eigenvalue weighted by atomic mass is 127. The molecule has 2 unspecified atom stereocenters. The van der Waals surface area contributed by atoms with Crippen LogP contribution in [0.15, 0.2) is 29.3 Å². The van der Waals surface area contributed by atoms with Crippen LogP contribution in [-0.4, -0.2) is 62.7 Å². The van der Waals surface area contributed by atoms with E-state index in [-0.39, 0.29) is 42.0 Å². The van der Waals surface area contributed by atoms with E-state index in [4.69, 9.17) is 9.47 Å². The molecule has 2 N–H and O–H groups in total. The van der Waals surface area contributed by atoms with Gasteiger partial charge in [-0.25, -0.2) is 0 Å². The molecule has 1 saturated heterocycles. The molecule has 3 rings (SSSR count). The quantitative estimate of drug-likeness (QED) is 0.322. The van der Waals surface area contributed by atoms with Gasteiger partial charge in [0.15, 0.2) is 5.96 Å². The average molecular weight is 530 g/mol. The number of rotatable bonds is 7. The molecule has 7 nitrogen and oxygen atoms in total. The van der Waals surface area contributed by atoms with Gasteiger partial charge < -0.3 is 25.0 Å². The van der Waals surface area contributed by atoms with Gasteiger partial charge in [0.05, 0.1) is 13.7 Å². The third-order valence-corrected chi connectivity index (χ3v) is 5.72. The third-order valence-electron chi connectivity index (χ3n) is 5.72. The predicted molar refractivity (Wildman–Crippen MR) is 130 cm³/mol. The van der Waals surface area contributed by atoms with Gasteiger partial charge in [0.25, 0.3) is 0 Å². The lowest BCUT2D eigenvalue weighted by Crippen LogP contribution is -2.47. The molecule has 1 aliphatic carbocycles. The van der Waals surface area contributed by atoms with Crippen molar-refractivity contribution in [3.8, 4) is 11.5 Å². The summed E-state index contributed by atoms with van der Waals surface area (Å²) in [5, 5.41) is 6.77. The SMILES string of the molecule is CN=C(NCC(C)Oc1ccc(OC)cc1)NC1CCN(C(=O)C2CCCC2)C1.I. The maximum atomic E-state index is 12.6. The molecule has 168 valence electrons. The maximum Gasteiger partial charge on any atom is 0.225 e. The monoisotopic (exact) mass is 530 g/mol.